The minimum absolute atomic E-state index is 0.144. The maximum Gasteiger partial charge on any atom is 0.230 e. The number of nitrogens with zero attached hydrogens (tertiary/aromatic N) is 1. The predicted octanol–water partition coefficient (Wildman–Crippen LogP) is 2.62. The molecule has 132 valence electrons. The van der Waals surface area contributed by atoms with Gasteiger partial charge in [-0.05, 0) is 61.8 Å². The first-order chi connectivity index (χ1) is 11.3. The molecular weight excluding hydrogens is 324 g/mol. The predicted molar refractivity (Wildman–Crippen MR) is 95.4 cm³/mol. The quantitative estimate of drug-likeness (QED) is 0.888. The van der Waals surface area contributed by atoms with Gasteiger partial charge in [0.25, 0.3) is 0 Å². The largest absolute Gasteiger partial charge is 0.312 e. The summed E-state index contributed by atoms with van der Waals surface area (Å²) in [5, 5.41) is 0. The number of amides is 1. The zero-order valence-electron chi connectivity index (χ0n) is 14.6. The van der Waals surface area contributed by atoms with Gasteiger partial charge in [-0.3, -0.25) is 4.79 Å². The van der Waals surface area contributed by atoms with Crippen LogP contribution in [0.25, 0.3) is 0 Å². The molecule has 0 aromatic heterocycles. The first kappa shape index (κ1) is 17.4. The fraction of sp³-hybridized carbons (Fsp3) is 0.611. The molecule has 1 fully saturated rings. The second-order valence-corrected chi connectivity index (χ2v) is 8.90. The highest BCUT2D eigenvalue weighted by Crippen LogP contribution is 2.40. The lowest BCUT2D eigenvalue weighted by molar-refractivity contribution is -0.120. The number of aryl methyl sites for hydroxylation is 1. The number of benzene rings is 1. The summed E-state index contributed by atoms with van der Waals surface area (Å²) in [7, 11) is -3.26. The smallest absolute Gasteiger partial charge is 0.230 e. The van der Waals surface area contributed by atoms with Gasteiger partial charge in [0.2, 0.25) is 15.9 Å². The van der Waals surface area contributed by atoms with Crippen molar-refractivity contribution in [3.05, 3.63) is 29.3 Å². The zero-order valence-corrected chi connectivity index (χ0v) is 15.4. The average molecular weight is 350 g/mol. The number of carbonyl (C=O) groups excluding carboxylic acids is 1. The fourth-order valence-electron chi connectivity index (χ4n) is 3.67. The van der Waals surface area contributed by atoms with E-state index in [1.54, 1.807) is 0 Å². The number of carbonyl (C=O) groups is 1. The van der Waals surface area contributed by atoms with Crippen LogP contribution in [0.5, 0.6) is 0 Å². The average Bonchev–Trinajstić information content (AvgIpc) is 3.24. The Morgan fingerprint density at radius 2 is 2.08 bits per heavy atom. The summed E-state index contributed by atoms with van der Waals surface area (Å²) in [6.07, 6.45) is 4.89. The Morgan fingerprint density at radius 3 is 2.67 bits per heavy atom. The third kappa shape index (κ3) is 3.64. The molecule has 1 aromatic rings. The van der Waals surface area contributed by atoms with Crippen LogP contribution < -0.4 is 9.62 Å². The maximum absolute atomic E-state index is 12.6. The topological polar surface area (TPSA) is 66.5 Å². The van der Waals surface area contributed by atoms with Gasteiger partial charge in [0, 0.05) is 24.2 Å². The van der Waals surface area contributed by atoms with E-state index in [2.05, 4.69) is 11.6 Å². The summed E-state index contributed by atoms with van der Waals surface area (Å²) in [5.41, 5.74) is 3.07. The third-order valence-electron chi connectivity index (χ3n) is 5.12. The molecule has 24 heavy (non-hydrogen) atoms. The number of hydrogen-bond acceptors (Lipinski definition) is 3. The van der Waals surface area contributed by atoms with Crippen LogP contribution in [0.15, 0.2) is 18.2 Å². The van der Waals surface area contributed by atoms with Crippen LogP contribution in [0.1, 0.15) is 50.3 Å². The molecule has 2 aliphatic carbocycles. The Hall–Kier alpha value is -1.40. The first-order valence-corrected chi connectivity index (χ1v) is 10.6. The standard InChI is InChI=1S/C18H26N2O3S/c1-4-20(18(21)15-10-12(15)2)14-9-8-13-6-5-7-17(16(13)11-14)19-24(3,22)23/h8-9,11-12,15,17,19H,4-7,10H2,1-3H3/t12-,15+,17+/m1/s1. The number of nitrogens with one attached hydrogen (secondary N) is 1. The van der Waals surface area contributed by atoms with Crippen molar-refractivity contribution in [3.8, 4) is 0 Å². The van der Waals surface area contributed by atoms with Gasteiger partial charge in [0.1, 0.15) is 0 Å². The molecule has 1 saturated carbocycles. The van der Waals surface area contributed by atoms with Crippen LogP contribution in [0.3, 0.4) is 0 Å². The Bertz CT molecular complexity index is 745. The molecule has 0 heterocycles. The van der Waals surface area contributed by atoms with Gasteiger partial charge >= 0.3 is 0 Å². The summed E-state index contributed by atoms with van der Waals surface area (Å²) in [6, 6.07) is 5.85. The second-order valence-electron chi connectivity index (χ2n) is 7.12. The highest BCUT2D eigenvalue weighted by molar-refractivity contribution is 7.88. The van der Waals surface area contributed by atoms with Gasteiger partial charge in [0.05, 0.1) is 6.26 Å². The normalized spacial score (nSPS) is 25.9. The van der Waals surface area contributed by atoms with Gasteiger partial charge in [-0.1, -0.05) is 13.0 Å². The summed E-state index contributed by atoms with van der Waals surface area (Å²) >= 11 is 0. The number of anilines is 1. The third-order valence-corrected chi connectivity index (χ3v) is 5.83. The van der Waals surface area contributed by atoms with E-state index in [0.29, 0.717) is 12.5 Å². The lowest BCUT2D eigenvalue weighted by Crippen LogP contribution is -2.33. The van der Waals surface area contributed by atoms with Gasteiger partial charge in [-0.15, -0.1) is 0 Å². The van der Waals surface area contributed by atoms with Crippen molar-refractivity contribution in [1.82, 2.24) is 4.72 Å². The van der Waals surface area contributed by atoms with E-state index in [0.717, 1.165) is 36.9 Å². The molecule has 1 amide bonds. The molecule has 1 aromatic carbocycles. The van der Waals surface area contributed by atoms with Crippen molar-refractivity contribution >= 4 is 21.6 Å². The molecular formula is C18H26N2O3S. The molecule has 0 unspecified atom stereocenters. The summed E-state index contributed by atoms with van der Waals surface area (Å²) in [6.45, 7) is 4.72. The van der Waals surface area contributed by atoms with E-state index in [1.807, 2.05) is 30.0 Å². The van der Waals surface area contributed by atoms with Crippen molar-refractivity contribution in [2.24, 2.45) is 11.8 Å². The summed E-state index contributed by atoms with van der Waals surface area (Å²) in [4.78, 5) is 14.5. The summed E-state index contributed by atoms with van der Waals surface area (Å²) in [5.74, 6) is 0.808. The molecule has 3 rings (SSSR count). The van der Waals surface area contributed by atoms with E-state index < -0.39 is 10.0 Å². The van der Waals surface area contributed by atoms with Gasteiger partial charge < -0.3 is 4.90 Å². The maximum atomic E-state index is 12.6. The Balaban J connectivity index is 1.90. The zero-order chi connectivity index (χ0) is 17.5. The number of fused-ring (bicyclic) bond motifs is 1. The molecule has 1 N–H and O–H groups in total. The van der Waals surface area contributed by atoms with Crippen LogP contribution in [0.2, 0.25) is 0 Å². The molecule has 6 heteroatoms. The Labute approximate surface area is 144 Å². The molecule has 0 spiro atoms. The summed E-state index contributed by atoms with van der Waals surface area (Å²) < 4.78 is 26.0. The van der Waals surface area contributed by atoms with E-state index >= 15 is 0 Å². The minimum atomic E-state index is -3.26. The van der Waals surface area contributed by atoms with Crippen molar-refractivity contribution < 1.29 is 13.2 Å². The highest BCUT2D eigenvalue weighted by Gasteiger charge is 2.41. The molecule has 2 aliphatic rings. The minimum Gasteiger partial charge on any atom is -0.312 e. The fourth-order valence-corrected chi connectivity index (χ4v) is 4.43. The van der Waals surface area contributed by atoms with Crippen molar-refractivity contribution in [2.45, 2.75) is 45.6 Å². The van der Waals surface area contributed by atoms with E-state index in [-0.39, 0.29) is 17.9 Å². The molecule has 0 bridgehead atoms. The monoisotopic (exact) mass is 350 g/mol. The van der Waals surface area contributed by atoms with Crippen molar-refractivity contribution in [2.75, 3.05) is 17.7 Å². The Kier molecular flexibility index (Phi) is 4.71. The molecule has 5 nitrogen and oxygen atoms in total. The van der Waals surface area contributed by atoms with Crippen LogP contribution in [0, 0.1) is 11.8 Å². The van der Waals surface area contributed by atoms with Crippen LogP contribution >= 0.6 is 0 Å². The van der Waals surface area contributed by atoms with Crippen molar-refractivity contribution in [3.63, 3.8) is 0 Å². The Morgan fingerprint density at radius 1 is 1.38 bits per heavy atom. The number of rotatable bonds is 5. The van der Waals surface area contributed by atoms with Crippen LogP contribution in [-0.4, -0.2) is 27.1 Å². The van der Waals surface area contributed by atoms with Gasteiger partial charge in [0.15, 0.2) is 0 Å². The number of hydrogen-bond donors (Lipinski definition) is 1. The SMILES string of the molecule is CCN(C(=O)[C@H]1C[C@H]1C)c1ccc2c(c1)[C@@H](NS(C)(=O)=O)CCC2. The van der Waals surface area contributed by atoms with Gasteiger partial charge in [-0.2, -0.15) is 0 Å². The lowest BCUT2D eigenvalue weighted by Gasteiger charge is -2.29. The van der Waals surface area contributed by atoms with E-state index in [9.17, 15) is 13.2 Å². The van der Waals surface area contributed by atoms with Crippen molar-refractivity contribution in [1.29, 1.82) is 0 Å². The van der Waals surface area contributed by atoms with Gasteiger partial charge in [-0.25, -0.2) is 13.1 Å². The van der Waals surface area contributed by atoms with E-state index in [4.69, 9.17) is 0 Å². The number of sulfonamides is 1. The van der Waals surface area contributed by atoms with Crippen LogP contribution in [-0.2, 0) is 21.2 Å². The lowest BCUT2D eigenvalue weighted by atomic mass is 9.87. The molecule has 0 radical (unpaired) electrons. The van der Waals surface area contributed by atoms with E-state index in [1.165, 1.54) is 11.8 Å². The first-order valence-electron chi connectivity index (χ1n) is 8.71. The molecule has 3 atom stereocenters. The second kappa shape index (κ2) is 6.48. The molecule has 0 saturated heterocycles. The van der Waals surface area contributed by atoms with Crippen LogP contribution in [0.4, 0.5) is 5.69 Å². The highest BCUT2D eigenvalue weighted by atomic mass is 32.2. The molecule has 0 aliphatic heterocycles.